The molecule has 0 N–H and O–H groups in total. The lowest BCUT2D eigenvalue weighted by molar-refractivity contribution is 0.642. The van der Waals surface area contributed by atoms with Gasteiger partial charge >= 0.3 is 0 Å². The van der Waals surface area contributed by atoms with Crippen molar-refractivity contribution >= 4 is 23.1 Å². The molecule has 3 rings (SSSR count). The number of rotatable bonds is 4. The molecular weight excluding hydrogens is 260 g/mol. The van der Waals surface area contributed by atoms with Gasteiger partial charge in [-0.15, -0.1) is 0 Å². The third-order valence-electron chi connectivity index (χ3n) is 3.22. The van der Waals surface area contributed by atoms with Gasteiger partial charge in [0.05, 0.1) is 18.4 Å². The van der Waals surface area contributed by atoms with Crippen molar-refractivity contribution in [1.29, 1.82) is 0 Å². The van der Waals surface area contributed by atoms with E-state index in [1.807, 2.05) is 54.0 Å². The first-order valence-corrected chi connectivity index (χ1v) is 6.94. The summed E-state index contributed by atoms with van der Waals surface area (Å²) in [5, 5.41) is 5.72. The fourth-order valence-electron chi connectivity index (χ4n) is 2.25. The Kier molecular flexibility index (Phi) is 3.69. The van der Waals surface area contributed by atoms with Gasteiger partial charge in [0.25, 0.3) is 0 Å². The van der Waals surface area contributed by atoms with Crippen LogP contribution >= 0.6 is 0 Å². The highest BCUT2D eigenvalue weighted by Crippen LogP contribution is 2.25. The van der Waals surface area contributed by atoms with Gasteiger partial charge in [-0.3, -0.25) is 4.68 Å². The van der Waals surface area contributed by atoms with Crippen LogP contribution in [0.15, 0.2) is 59.6 Å². The first-order chi connectivity index (χ1) is 10.2. The second-order valence-electron chi connectivity index (χ2n) is 5.19. The quantitative estimate of drug-likeness (QED) is 0.542. The molecule has 2 aromatic carbocycles. The minimum atomic E-state index is 0.749. The Hall–Kier alpha value is -2.62. The molecule has 0 spiro atoms. The summed E-state index contributed by atoms with van der Waals surface area (Å²) in [6.45, 7) is 0.749. The highest BCUT2D eigenvalue weighted by molar-refractivity contribution is 5.90. The lowest BCUT2D eigenvalue weighted by Crippen LogP contribution is -2.07. The summed E-state index contributed by atoms with van der Waals surface area (Å²) in [4.78, 5) is 6.37. The topological polar surface area (TPSA) is 33.4 Å². The van der Waals surface area contributed by atoms with Crippen molar-refractivity contribution in [2.75, 3.05) is 14.1 Å². The molecule has 4 heteroatoms. The Labute approximate surface area is 124 Å². The smallest absolute Gasteiger partial charge is 0.183 e. The highest BCUT2D eigenvalue weighted by atomic mass is 15.3. The average molecular weight is 278 g/mol. The van der Waals surface area contributed by atoms with E-state index in [-0.39, 0.29) is 0 Å². The van der Waals surface area contributed by atoms with Crippen molar-refractivity contribution in [3.05, 3.63) is 60.2 Å². The largest absolute Gasteiger partial charge is 0.369 e. The summed E-state index contributed by atoms with van der Waals surface area (Å²) in [5.41, 5.74) is 2.33. The zero-order valence-electron chi connectivity index (χ0n) is 12.3. The van der Waals surface area contributed by atoms with E-state index < -0.39 is 0 Å². The number of nitrogens with zero attached hydrogens (tertiary/aromatic N) is 4. The summed E-state index contributed by atoms with van der Waals surface area (Å²) in [7, 11) is 3.90. The van der Waals surface area contributed by atoms with Gasteiger partial charge in [0, 0.05) is 19.5 Å². The second kappa shape index (κ2) is 5.79. The summed E-state index contributed by atoms with van der Waals surface area (Å²) < 4.78 is 2.01. The molecule has 0 amide bonds. The molecule has 4 nitrogen and oxygen atoms in total. The molecule has 0 saturated carbocycles. The van der Waals surface area contributed by atoms with E-state index >= 15 is 0 Å². The molecule has 1 heterocycles. The van der Waals surface area contributed by atoms with Crippen LogP contribution in [0.25, 0.3) is 10.9 Å². The van der Waals surface area contributed by atoms with E-state index in [9.17, 15) is 0 Å². The van der Waals surface area contributed by atoms with Crippen molar-refractivity contribution in [2.24, 2.45) is 4.99 Å². The van der Waals surface area contributed by atoms with Gasteiger partial charge in [-0.05, 0) is 17.7 Å². The Morgan fingerprint density at radius 3 is 2.52 bits per heavy atom. The van der Waals surface area contributed by atoms with Gasteiger partial charge in [0.15, 0.2) is 5.82 Å². The fourth-order valence-corrected chi connectivity index (χ4v) is 2.25. The fraction of sp³-hybridized carbons (Fsp3) is 0.176. The lowest BCUT2D eigenvalue weighted by Gasteiger charge is -2.03. The van der Waals surface area contributed by atoms with E-state index in [2.05, 4.69) is 34.4 Å². The number of hydrogen-bond acceptors (Lipinski definition) is 2. The molecule has 0 aliphatic heterocycles. The molecule has 21 heavy (non-hydrogen) atoms. The number of hydrogen-bond donors (Lipinski definition) is 0. The minimum absolute atomic E-state index is 0.749. The molecule has 0 radical (unpaired) electrons. The van der Waals surface area contributed by atoms with E-state index in [0.717, 1.165) is 23.3 Å². The van der Waals surface area contributed by atoms with Gasteiger partial charge in [0.2, 0.25) is 0 Å². The zero-order chi connectivity index (χ0) is 14.7. The molecule has 0 saturated heterocycles. The lowest BCUT2D eigenvalue weighted by atomic mass is 10.2. The maximum atomic E-state index is 4.65. The molecular formula is C17H18N4. The van der Waals surface area contributed by atoms with Gasteiger partial charge < -0.3 is 4.90 Å². The first-order valence-electron chi connectivity index (χ1n) is 6.94. The van der Waals surface area contributed by atoms with Gasteiger partial charge in [0.1, 0.15) is 0 Å². The van der Waals surface area contributed by atoms with Crippen molar-refractivity contribution in [3.8, 4) is 0 Å². The van der Waals surface area contributed by atoms with E-state index in [4.69, 9.17) is 0 Å². The number of benzene rings is 2. The van der Waals surface area contributed by atoms with Crippen LogP contribution in [0.5, 0.6) is 0 Å². The molecule has 3 aromatic rings. The molecule has 0 unspecified atom stereocenters. The SMILES string of the molecule is CN(C)C=Nc1nn(Cc2ccccc2)c2ccccc12. The van der Waals surface area contributed by atoms with Crippen LogP contribution < -0.4 is 0 Å². The van der Waals surface area contributed by atoms with Crippen LogP contribution in [0, 0.1) is 0 Å². The van der Waals surface area contributed by atoms with Crippen LogP contribution in [0.4, 0.5) is 5.82 Å². The maximum Gasteiger partial charge on any atom is 0.183 e. The molecule has 0 aliphatic rings. The van der Waals surface area contributed by atoms with E-state index in [1.165, 1.54) is 5.56 Å². The van der Waals surface area contributed by atoms with Crippen molar-refractivity contribution in [2.45, 2.75) is 6.54 Å². The van der Waals surface area contributed by atoms with Crippen LogP contribution in [-0.2, 0) is 6.54 Å². The highest BCUT2D eigenvalue weighted by Gasteiger charge is 2.09. The van der Waals surface area contributed by atoms with Crippen molar-refractivity contribution < 1.29 is 0 Å². The molecule has 0 atom stereocenters. The Balaban J connectivity index is 2.03. The summed E-state index contributed by atoms with van der Waals surface area (Å²) in [5.74, 6) is 0.759. The molecule has 106 valence electrons. The van der Waals surface area contributed by atoms with Gasteiger partial charge in [-0.2, -0.15) is 5.10 Å². The standard InChI is InChI=1S/C17H18N4/c1-20(2)13-18-17-15-10-6-7-11-16(15)21(19-17)12-14-8-4-3-5-9-14/h3-11,13H,12H2,1-2H3. The Bertz CT molecular complexity index is 757. The van der Waals surface area contributed by atoms with Crippen molar-refractivity contribution in [3.63, 3.8) is 0 Å². The summed E-state index contributed by atoms with van der Waals surface area (Å²) in [6, 6.07) is 18.5. The molecule has 0 aliphatic carbocycles. The van der Waals surface area contributed by atoms with E-state index in [0.29, 0.717) is 0 Å². The van der Waals surface area contributed by atoms with Gasteiger partial charge in [-0.25, -0.2) is 4.99 Å². The summed E-state index contributed by atoms with van der Waals surface area (Å²) in [6.07, 6.45) is 1.78. The molecule has 0 fully saturated rings. The Morgan fingerprint density at radius 2 is 1.76 bits per heavy atom. The van der Waals surface area contributed by atoms with Crippen molar-refractivity contribution in [1.82, 2.24) is 14.7 Å². The maximum absolute atomic E-state index is 4.65. The monoisotopic (exact) mass is 278 g/mol. The minimum Gasteiger partial charge on any atom is -0.369 e. The third-order valence-corrected chi connectivity index (χ3v) is 3.22. The average Bonchev–Trinajstić information content (AvgIpc) is 2.85. The number of para-hydroxylation sites is 1. The third kappa shape index (κ3) is 2.94. The predicted molar refractivity (Wildman–Crippen MR) is 87.1 cm³/mol. The van der Waals surface area contributed by atoms with Gasteiger partial charge in [-0.1, -0.05) is 42.5 Å². The van der Waals surface area contributed by atoms with E-state index in [1.54, 1.807) is 6.34 Å². The second-order valence-corrected chi connectivity index (χ2v) is 5.19. The zero-order valence-corrected chi connectivity index (χ0v) is 12.3. The number of aliphatic imine (C=N–C) groups is 1. The normalized spacial score (nSPS) is 11.3. The Morgan fingerprint density at radius 1 is 1.05 bits per heavy atom. The van der Waals surface area contributed by atoms with Crippen LogP contribution in [0.2, 0.25) is 0 Å². The molecule has 0 bridgehead atoms. The predicted octanol–water partition coefficient (Wildman–Crippen LogP) is 3.31. The summed E-state index contributed by atoms with van der Waals surface area (Å²) >= 11 is 0. The van der Waals surface area contributed by atoms with Crippen LogP contribution in [-0.4, -0.2) is 35.1 Å². The number of aromatic nitrogens is 2. The van der Waals surface area contributed by atoms with Crippen LogP contribution in [0.1, 0.15) is 5.56 Å². The van der Waals surface area contributed by atoms with Crippen LogP contribution in [0.3, 0.4) is 0 Å². The first kappa shape index (κ1) is 13.4. The molecule has 1 aromatic heterocycles. The number of fused-ring (bicyclic) bond motifs is 1.